The van der Waals surface area contributed by atoms with E-state index in [9.17, 15) is 4.79 Å². The number of carbonyl (C=O) groups excluding carboxylic acids is 1. The van der Waals surface area contributed by atoms with Gasteiger partial charge in [0.25, 0.3) is 0 Å². The topological polar surface area (TPSA) is 45.1 Å². The molecule has 0 unspecified atom stereocenters. The molecule has 2 aromatic rings. The summed E-state index contributed by atoms with van der Waals surface area (Å²) in [6.07, 6.45) is 7.11. The number of benzene rings is 2. The van der Waals surface area contributed by atoms with Gasteiger partial charge in [0.2, 0.25) is 0 Å². The number of ether oxygens (including phenoxy) is 1. The van der Waals surface area contributed by atoms with Crippen LogP contribution in [0.5, 0.6) is 0 Å². The molecule has 192 valence electrons. The first-order valence-electron chi connectivity index (χ1n) is 13.4. The third-order valence-corrected chi connectivity index (χ3v) is 5.96. The van der Waals surface area contributed by atoms with E-state index < -0.39 is 0 Å². The molecule has 0 radical (unpaired) electrons. The van der Waals surface area contributed by atoms with E-state index in [1.54, 1.807) is 0 Å². The van der Waals surface area contributed by atoms with Crippen molar-refractivity contribution in [1.82, 2.24) is 9.80 Å². The summed E-state index contributed by atoms with van der Waals surface area (Å²) in [4.78, 5) is 21.5. The molecule has 2 aromatic carbocycles. The third-order valence-electron chi connectivity index (χ3n) is 5.96. The maximum Gasteiger partial charge on any atom is 0.307 e. The van der Waals surface area contributed by atoms with Gasteiger partial charge in [-0.3, -0.25) is 14.7 Å². The Morgan fingerprint density at radius 2 is 1.43 bits per heavy atom. The zero-order valence-electron chi connectivity index (χ0n) is 22.1. The summed E-state index contributed by atoms with van der Waals surface area (Å²) in [6.45, 7) is 13.6. The molecule has 0 aliphatic heterocycles. The standard InChI is InChI=1S/C30H45N3O2/c1-4-19-32(20-5-2)21-10-11-22-33(23-18-30(34)35-6-3)26-29-16-14-28(15-17-29)25-31-24-27-12-8-7-9-13-27/h7-9,12-17,24H,4-6,10-11,18-23,25-26H2,1-3H3/b31-24+. The Bertz CT molecular complexity index is 830. The van der Waals surface area contributed by atoms with Crippen molar-refractivity contribution in [3.8, 4) is 0 Å². The summed E-state index contributed by atoms with van der Waals surface area (Å²) in [5, 5.41) is 0. The lowest BCUT2D eigenvalue weighted by Crippen LogP contribution is -2.30. The highest BCUT2D eigenvalue weighted by Gasteiger charge is 2.11. The lowest BCUT2D eigenvalue weighted by atomic mass is 10.1. The molecule has 0 heterocycles. The number of rotatable bonds is 18. The minimum atomic E-state index is -0.110. The van der Waals surface area contributed by atoms with Gasteiger partial charge in [0.1, 0.15) is 0 Å². The predicted molar refractivity (Wildman–Crippen MR) is 147 cm³/mol. The lowest BCUT2D eigenvalue weighted by molar-refractivity contribution is -0.143. The van der Waals surface area contributed by atoms with E-state index in [1.807, 2.05) is 31.3 Å². The summed E-state index contributed by atoms with van der Waals surface area (Å²) >= 11 is 0. The van der Waals surface area contributed by atoms with E-state index in [0.717, 1.165) is 38.2 Å². The van der Waals surface area contributed by atoms with Gasteiger partial charge in [0, 0.05) is 19.3 Å². The predicted octanol–water partition coefficient (Wildman–Crippen LogP) is 5.96. The first-order chi connectivity index (χ1) is 17.1. The van der Waals surface area contributed by atoms with E-state index >= 15 is 0 Å². The number of hydrogen-bond acceptors (Lipinski definition) is 5. The van der Waals surface area contributed by atoms with Gasteiger partial charge in [-0.1, -0.05) is 68.4 Å². The van der Waals surface area contributed by atoms with E-state index in [-0.39, 0.29) is 5.97 Å². The van der Waals surface area contributed by atoms with Crippen LogP contribution in [-0.4, -0.2) is 61.3 Å². The zero-order chi connectivity index (χ0) is 25.1. The maximum absolute atomic E-state index is 11.9. The van der Waals surface area contributed by atoms with Gasteiger partial charge in [0.15, 0.2) is 0 Å². The van der Waals surface area contributed by atoms with Crippen LogP contribution < -0.4 is 0 Å². The summed E-state index contributed by atoms with van der Waals surface area (Å²) in [5.74, 6) is -0.110. The molecular formula is C30H45N3O2. The number of nitrogens with zero attached hydrogens (tertiary/aromatic N) is 3. The van der Waals surface area contributed by atoms with Crippen LogP contribution in [0.25, 0.3) is 0 Å². The van der Waals surface area contributed by atoms with Gasteiger partial charge < -0.3 is 9.64 Å². The molecule has 0 aliphatic carbocycles. The van der Waals surface area contributed by atoms with Crippen LogP contribution in [0.2, 0.25) is 0 Å². The molecule has 2 rings (SSSR count). The van der Waals surface area contributed by atoms with Crippen LogP contribution in [0.3, 0.4) is 0 Å². The average Bonchev–Trinajstić information content (AvgIpc) is 2.87. The van der Waals surface area contributed by atoms with Crippen LogP contribution in [0.1, 0.15) is 69.6 Å². The van der Waals surface area contributed by atoms with E-state index in [2.05, 4.69) is 65.0 Å². The molecule has 0 amide bonds. The smallest absolute Gasteiger partial charge is 0.307 e. The molecule has 0 bridgehead atoms. The lowest BCUT2D eigenvalue weighted by Gasteiger charge is -2.24. The fourth-order valence-electron chi connectivity index (χ4n) is 4.20. The Labute approximate surface area is 213 Å². The molecule has 0 fully saturated rings. The van der Waals surface area contributed by atoms with Crippen molar-refractivity contribution in [3.05, 3.63) is 71.3 Å². The minimum absolute atomic E-state index is 0.110. The molecule has 0 aromatic heterocycles. The Kier molecular flexibility index (Phi) is 14.7. The Balaban J connectivity index is 1.87. The second-order valence-corrected chi connectivity index (χ2v) is 9.08. The van der Waals surface area contributed by atoms with Crippen molar-refractivity contribution in [3.63, 3.8) is 0 Å². The van der Waals surface area contributed by atoms with Gasteiger partial charge in [-0.2, -0.15) is 0 Å². The normalized spacial score (nSPS) is 11.6. The van der Waals surface area contributed by atoms with Crippen molar-refractivity contribution in [2.45, 2.75) is 66.0 Å². The molecule has 35 heavy (non-hydrogen) atoms. The Morgan fingerprint density at radius 1 is 0.800 bits per heavy atom. The Morgan fingerprint density at radius 3 is 2.06 bits per heavy atom. The van der Waals surface area contributed by atoms with E-state index in [4.69, 9.17) is 4.74 Å². The Hall–Kier alpha value is -2.50. The van der Waals surface area contributed by atoms with E-state index in [0.29, 0.717) is 19.6 Å². The van der Waals surface area contributed by atoms with Crippen molar-refractivity contribution < 1.29 is 9.53 Å². The second kappa shape index (κ2) is 17.9. The first-order valence-corrected chi connectivity index (χ1v) is 13.4. The molecule has 0 atom stereocenters. The third kappa shape index (κ3) is 12.7. The molecular weight excluding hydrogens is 434 g/mol. The molecule has 0 spiro atoms. The van der Waals surface area contributed by atoms with Crippen LogP contribution in [0.15, 0.2) is 59.6 Å². The average molecular weight is 480 g/mol. The number of aliphatic imine (C=N–C) groups is 1. The summed E-state index contributed by atoms with van der Waals surface area (Å²) in [6, 6.07) is 18.9. The molecule has 0 N–H and O–H groups in total. The van der Waals surface area contributed by atoms with Crippen LogP contribution >= 0.6 is 0 Å². The van der Waals surface area contributed by atoms with E-state index in [1.165, 1.54) is 43.5 Å². The number of carbonyl (C=O) groups is 1. The highest BCUT2D eigenvalue weighted by molar-refractivity contribution is 5.79. The van der Waals surface area contributed by atoms with Gasteiger partial charge >= 0.3 is 5.97 Å². The van der Waals surface area contributed by atoms with Gasteiger partial charge in [0.05, 0.1) is 19.6 Å². The van der Waals surface area contributed by atoms with Crippen LogP contribution in [-0.2, 0) is 22.6 Å². The van der Waals surface area contributed by atoms with Crippen molar-refractivity contribution in [2.75, 3.05) is 39.3 Å². The molecule has 0 aliphatic rings. The number of hydrogen-bond donors (Lipinski definition) is 0. The van der Waals surface area contributed by atoms with Crippen molar-refractivity contribution in [2.24, 2.45) is 4.99 Å². The molecule has 0 saturated heterocycles. The summed E-state index contributed by atoms with van der Waals surface area (Å²) < 4.78 is 5.15. The minimum Gasteiger partial charge on any atom is -0.466 e. The van der Waals surface area contributed by atoms with Crippen molar-refractivity contribution in [1.29, 1.82) is 0 Å². The van der Waals surface area contributed by atoms with Crippen LogP contribution in [0.4, 0.5) is 0 Å². The summed E-state index contributed by atoms with van der Waals surface area (Å²) in [7, 11) is 0. The maximum atomic E-state index is 11.9. The van der Waals surface area contributed by atoms with Crippen molar-refractivity contribution >= 4 is 12.2 Å². The number of unbranched alkanes of at least 4 members (excludes halogenated alkanes) is 1. The second-order valence-electron chi connectivity index (χ2n) is 9.08. The SMILES string of the molecule is CCCN(CCC)CCCCN(CCC(=O)OCC)Cc1ccc(C/N=C/c2ccccc2)cc1. The molecule has 0 saturated carbocycles. The monoisotopic (exact) mass is 479 g/mol. The molecule has 5 nitrogen and oxygen atoms in total. The van der Waals surface area contributed by atoms with Crippen LogP contribution in [0, 0.1) is 0 Å². The fourth-order valence-corrected chi connectivity index (χ4v) is 4.20. The summed E-state index contributed by atoms with van der Waals surface area (Å²) in [5.41, 5.74) is 3.59. The highest BCUT2D eigenvalue weighted by Crippen LogP contribution is 2.11. The quantitative estimate of drug-likeness (QED) is 0.150. The van der Waals surface area contributed by atoms with Gasteiger partial charge in [-0.25, -0.2) is 0 Å². The zero-order valence-corrected chi connectivity index (χ0v) is 22.1. The highest BCUT2D eigenvalue weighted by atomic mass is 16.5. The van der Waals surface area contributed by atoms with Gasteiger partial charge in [-0.05, 0) is 75.5 Å². The largest absolute Gasteiger partial charge is 0.466 e. The fraction of sp³-hybridized carbons (Fsp3) is 0.533. The van der Waals surface area contributed by atoms with Gasteiger partial charge in [-0.15, -0.1) is 0 Å². The number of esters is 1. The molecule has 5 heteroatoms. The first kappa shape index (κ1) is 28.7.